The van der Waals surface area contributed by atoms with Crippen LogP contribution in [0.1, 0.15) is 38.5 Å². The molecule has 0 saturated carbocycles. The molecule has 5 N–H and O–H groups in total. The summed E-state index contributed by atoms with van der Waals surface area (Å²) >= 11 is 0. The van der Waals surface area contributed by atoms with Crippen molar-refractivity contribution >= 4 is 11.8 Å². The number of carbonyl (C=O) groups excluding carboxylic acids is 2. The fourth-order valence-electron chi connectivity index (χ4n) is 2.23. The summed E-state index contributed by atoms with van der Waals surface area (Å²) in [5.41, 5.74) is 5.01. The molecule has 0 spiro atoms. The average molecular weight is 318 g/mol. The number of aliphatic hydroxyl groups excluding tert-OH is 2. The van der Waals surface area contributed by atoms with Crippen molar-refractivity contribution in [1.29, 1.82) is 0 Å². The van der Waals surface area contributed by atoms with Crippen molar-refractivity contribution in [3.05, 3.63) is 0 Å². The van der Waals surface area contributed by atoms with Gasteiger partial charge in [-0.2, -0.15) is 0 Å². The standard InChI is InChI=1S/C14H26N2O6/c15-12(19)3-1-2-4-13(20)16-5-6-21-14-8-10(18)7-11(9-17)22-14/h10-11,14,17-18H,1-9H2,(H2,15,19)(H,16,20). The Balaban J connectivity index is 2.04. The van der Waals surface area contributed by atoms with Gasteiger partial charge in [0.25, 0.3) is 0 Å². The van der Waals surface area contributed by atoms with Gasteiger partial charge in [-0.1, -0.05) is 0 Å². The number of hydrogen-bond acceptors (Lipinski definition) is 6. The Kier molecular flexibility index (Phi) is 8.98. The van der Waals surface area contributed by atoms with Gasteiger partial charge in [-0.3, -0.25) is 9.59 Å². The first-order valence-corrected chi connectivity index (χ1v) is 7.62. The van der Waals surface area contributed by atoms with Crippen LogP contribution in [0.15, 0.2) is 0 Å². The van der Waals surface area contributed by atoms with Crippen molar-refractivity contribution in [2.24, 2.45) is 5.73 Å². The molecule has 0 radical (unpaired) electrons. The Bertz CT molecular complexity index is 352. The van der Waals surface area contributed by atoms with Gasteiger partial charge in [-0.15, -0.1) is 0 Å². The first-order chi connectivity index (χ1) is 10.5. The normalized spacial score (nSPS) is 24.9. The lowest BCUT2D eigenvalue weighted by atomic mass is 10.1. The van der Waals surface area contributed by atoms with Crippen molar-refractivity contribution < 1.29 is 29.3 Å². The number of aliphatic hydroxyl groups is 2. The lowest BCUT2D eigenvalue weighted by Gasteiger charge is -2.32. The lowest BCUT2D eigenvalue weighted by molar-refractivity contribution is -0.220. The first kappa shape index (κ1) is 18.8. The van der Waals surface area contributed by atoms with Gasteiger partial charge in [-0.25, -0.2) is 0 Å². The maximum absolute atomic E-state index is 11.5. The Morgan fingerprint density at radius 3 is 2.68 bits per heavy atom. The van der Waals surface area contributed by atoms with Crippen molar-refractivity contribution in [1.82, 2.24) is 5.32 Å². The van der Waals surface area contributed by atoms with E-state index in [0.717, 1.165) is 0 Å². The third-order valence-corrected chi connectivity index (χ3v) is 3.35. The summed E-state index contributed by atoms with van der Waals surface area (Å²) in [5.74, 6) is -0.462. The number of nitrogens with two attached hydrogens (primary N) is 1. The fraction of sp³-hybridized carbons (Fsp3) is 0.857. The summed E-state index contributed by atoms with van der Waals surface area (Å²) in [7, 11) is 0. The van der Waals surface area contributed by atoms with Crippen molar-refractivity contribution in [3.63, 3.8) is 0 Å². The smallest absolute Gasteiger partial charge is 0.220 e. The molecule has 0 aromatic rings. The molecule has 0 aromatic heterocycles. The minimum Gasteiger partial charge on any atom is -0.394 e. The highest BCUT2D eigenvalue weighted by molar-refractivity contribution is 5.76. The summed E-state index contributed by atoms with van der Waals surface area (Å²) in [5, 5.41) is 21.3. The van der Waals surface area contributed by atoms with Crippen LogP contribution in [-0.4, -0.2) is 60.3 Å². The molecule has 0 bridgehead atoms. The summed E-state index contributed by atoms with van der Waals surface area (Å²) < 4.78 is 10.8. The molecule has 128 valence electrons. The first-order valence-electron chi connectivity index (χ1n) is 7.62. The Morgan fingerprint density at radius 1 is 1.27 bits per heavy atom. The minimum absolute atomic E-state index is 0.106. The Hall–Kier alpha value is -1.22. The highest BCUT2D eigenvalue weighted by atomic mass is 16.7. The average Bonchev–Trinajstić information content (AvgIpc) is 2.47. The van der Waals surface area contributed by atoms with Crippen LogP contribution in [0.4, 0.5) is 0 Å². The number of primary amides is 1. The number of amides is 2. The quantitative estimate of drug-likeness (QED) is 0.383. The van der Waals surface area contributed by atoms with E-state index in [1.54, 1.807) is 0 Å². The molecule has 22 heavy (non-hydrogen) atoms. The summed E-state index contributed by atoms with van der Waals surface area (Å²) in [6.07, 6.45) is 1.11. The van der Waals surface area contributed by atoms with Gasteiger partial charge in [0.05, 0.1) is 25.4 Å². The number of ether oxygens (including phenoxy) is 2. The minimum atomic E-state index is -0.562. The molecular weight excluding hydrogens is 292 g/mol. The zero-order valence-electron chi connectivity index (χ0n) is 12.7. The molecule has 8 nitrogen and oxygen atoms in total. The van der Waals surface area contributed by atoms with Crippen molar-refractivity contribution in [3.8, 4) is 0 Å². The summed E-state index contributed by atoms with van der Waals surface area (Å²) in [6.45, 7) is 0.454. The number of nitrogens with one attached hydrogen (secondary N) is 1. The van der Waals surface area contributed by atoms with E-state index in [2.05, 4.69) is 5.32 Å². The van der Waals surface area contributed by atoms with E-state index < -0.39 is 18.5 Å². The second-order valence-corrected chi connectivity index (χ2v) is 5.39. The fourth-order valence-corrected chi connectivity index (χ4v) is 2.23. The van der Waals surface area contributed by atoms with Crippen LogP contribution in [0.2, 0.25) is 0 Å². The van der Waals surface area contributed by atoms with E-state index in [1.165, 1.54) is 0 Å². The van der Waals surface area contributed by atoms with E-state index in [-0.39, 0.29) is 25.0 Å². The Labute approximate surface area is 130 Å². The van der Waals surface area contributed by atoms with E-state index >= 15 is 0 Å². The van der Waals surface area contributed by atoms with Crippen LogP contribution in [0.3, 0.4) is 0 Å². The molecular formula is C14H26N2O6. The van der Waals surface area contributed by atoms with Crippen LogP contribution in [0.5, 0.6) is 0 Å². The SMILES string of the molecule is NC(=O)CCCCC(=O)NCCOC1CC(O)CC(CO)O1. The van der Waals surface area contributed by atoms with Gasteiger partial charge in [0, 0.05) is 32.2 Å². The maximum Gasteiger partial charge on any atom is 0.220 e. The van der Waals surface area contributed by atoms with Gasteiger partial charge in [-0.05, 0) is 12.8 Å². The molecule has 0 aromatic carbocycles. The van der Waals surface area contributed by atoms with E-state index in [0.29, 0.717) is 45.1 Å². The number of hydrogen-bond donors (Lipinski definition) is 4. The second kappa shape index (κ2) is 10.5. The van der Waals surface area contributed by atoms with Crippen LogP contribution in [0, 0.1) is 0 Å². The molecule has 0 aliphatic carbocycles. The highest BCUT2D eigenvalue weighted by Gasteiger charge is 2.28. The molecule has 2 amide bonds. The van der Waals surface area contributed by atoms with Crippen molar-refractivity contribution in [2.75, 3.05) is 19.8 Å². The maximum atomic E-state index is 11.5. The Morgan fingerprint density at radius 2 is 2.00 bits per heavy atom. The third-order valence-electron chi connectivity index (χ3n) is 3.35. The molecule has 1 heterocycles. The predicted molar refractivity (Wildman–Crippen MR) is 77.6 cm³/mol. The number of carbonyl (C=O) groups is 2. The molecule has 3 atom stereocenters. The van der Waals surface area contributed by atoms with Gasteiger partial charge in [0.2, 0.25) is 11.8 Å². The molecule has 1 rings (SSSR count). The molecule has 1 fully saturated rings. The molecule has 3 unspecified atom stereocenters. The lowest BCUT2D eigenvalue weighted by Crippen LogP contribution is -2.40. The van der Waals surface area contributed by atoms with Gasteiger partial charge >= 0.3 is 0 Å². The molecule has 1 aliphatic heterocycles. The van der Waals surface area contributed by atoms with Crippen LogP contribution in [0.25, 0.3) is 0 Å². The number of unbranched alkanes of at least 4 members (excludes halogenated alkanes) is 1. The van der Waals surface area contributed by atoms with Crippen LogP contribution < -0.4 is 11.1 Å². The van der Waals surface area contributed by atoms with Crippen LogP contribution in [-0.2, 0) is 19.1 Å². The highest BCUT2D eigenvalue weighted by Crippen LogP contribution is 2.20. The van der Waals surface area contributed by atoms with Crippen molar-refractivity contribution in [2.45, 2.75) is 57.0 Å². The topological polar surface area (TPSA) is 131 Å². The molecule has 8 heteroatoms. The number of rotatable bonds is 10. The van der Waals surface area contributed by atoms with Gasteiger partial charge in [0.15, 0.2) is 6.29 Å². The van der Waals surface area contributed by atoms with Gasteiger partial charge < -0.3 is 30.7 Å². The monoisotopic (exact) mass is 318 g/mol. The molecule has 1 aliphatic rings. The van der Waals surface area contributed by atoms with Crippen LogP contribution >= 0.6 is 0 Å². The summed E-state index contributed by atoms with van der Waals surface area (Å²) in [4.78, 5) is 22.0. The predicted octanol–water partition coefficient (Wildman–Crippen LogP) is -0.977. The summed E-state index contributed by atoms with van der Waals surface area (Å²) in [6, 6.07) is 0. The van der Waals surface area contributed by atoms with E-state index in [9.17, 15) is 14.7 Å². The largest absolute Gasteiger partial charge is 0.394 e. The zero-order chi connectivity index (χ0) is 16.4. The second-order valence-electron chi connectivity index (χ2n) is 5.39. The van der Waals surface area contributed by atoms with E-state index in [1.807, 2.05) is 0 Å². The van der Waals surface area contributed by atoms with E-state index in [4.69, 9.17) is 20.3 Å². The van der Waals surface area contributed by atoms with Gasteiger partial charge in [0.1, 0.15) is 0 Å². The molecule has 1 saturated heterocycles. The third kappa shape index (κ3) is 8.28. The zero-order valence-corrected chi connectivity index (χ0v) is 12.7.